The van der Waals surface area contributed by atoms with Crippen LogP contribution in [0, 0.1) is 7.14 Å². The lowest BCUT2D eigenvalue weighted by Gasteiger charge is -2.27. The van der Waals surface area contributed by atoms with Crippen molar-refractivity contribution in [3.8, 4) is 0 Å². The van der Waals surface area contributed by atoms with Crippen molar-refractivity contribution in [2.75, 3.05) is 18.0 Å². The van der Waals surface area contributed by atoms with Crippen molar-refractivity contribution in [1.82, 2.24) is 0 Å². The van der Waals surface area contributed by atoms with Gasteiger partial charge in [0, 0.05) is 64.4 Å². The number of unbranched alkanes of at least 4 members (excludes halogenated alkanes) is 4. The molecule has 262 valence electrons. The lowest BCUT2D eigenvalue weighted by Crippen LogP contribution is -2.28. The smallest absolute Gasteiger partial charge is 0.209 e. The van der Waals surface area contributed by atoms with Gasteiger partial charge < -0.3 is 4.90 Å². The first-order valence-electron chi connectivity index (χ1n) is 18.6. The number of thioether (sulfide) groups is 1. The average Bonchev–Trinajstić information content (AvgIpc) is 3.64. The summed E-state index contributed by atoms with van der Waals surface area (Å²) in [4.78, 5) is 5.34. The van der Waals surface area contributed by atoms with Crippen LogP contribution in [0.3, 0.4) is 0 Å². The predicted octanol–water partition coefficient (Wildman–Crippen LogP) is 13.7. The van der Waals surface area contributed by atoms with Gasteiger partial charge in [0.05, 0.1) is 5.41 Å². The SMILES string of the molecule is CCCCCN1/C(=C/C=C2\CCC(/C=C/C3=[N+](CCCCC)c4ccc(I)cc4C3(C)C)=C2Sc2ccccc2)C(C)(C)c2cc(I)ccc21. The summed E-state index contributed by atoms with van der Waals surface area (Å²) in [6.45, 7) is 16.4. The van der Waals surface area contributed by atoms with E-state index in [2.05, 4.69) is 187 Å². The van der Waals surface area contributed by atoms with Crippen LogP contribution in [0.25, 0.3) is 0 Å². The zero-order valence-electron chi connectivity index (χ0n) is 30.8. The lowest BCUT2D eigenvalue weighted by atomic mass is 9.81. The minimum Gasteiger partial charge on any atom is -0.344 e. The van der Waals surface area contributed by atoms with E-state index in [1.807, 2.05) is 11.8 Å². The first-order chi connectivity index (χ1) is 24.1. The van der Waals surface area contributed by atoms with Gasteiger partial charge in [-0.25, -0.2) is 0 Å². The fourth-order valence-electron chi connectivity index (χ4n) is 7.93. The third-order valence-corrected chi connectivity index (χ3v) is 13.4. The Labute approximate surface area is 333 Å². The third-order valence-electron chi connectivity index (χ3n) is 10.8. The van der Waals surface area contributed by atoms with Crippen LogP contribution in [-0.4, -0.2) is 23.4 Å². The monoisotopic (exact) mass is 907 g/mol. The van der Waals surface area contributed by atoms with Gasteiger partial charge in [0.15, 0.2) is 5.71 Å². The van der Waals surface area contributed by atoms with Gasteiger partial charge in [-0.1, -0.05) is 89.1 Å². The maximum absolute atomic E-state index is 2.62. The van der Waals surface area contributed by atoms with Crippen molar-refractivity contribution in [2.24, 2.45) is 0 Å². The molecule has 0 saturated carbocycles. The van der Waals surface area contributed by atoms with Gasteiger partial charge in [-0.05, 0) is 150 Å². The number of benzene rings is 3. The Morgan fingerprint density at radius 1 is 0.760 bits per heavy atom. The van der Waals surface area contributed by atoms with Crippen LogP contribution in [0.4, 0.5) is 11.4 Å². The maximum Gasteiger partial charge on any atom is 0.209 e. The Morgan fingerprint density at radius 3 is 2.20 bits per heavy atom. The number of rotatable bonds is 13. The second-order valence-electron chi connectivity index (χ2n) is 15.0. The summed E-state index contributed by atoms with van der Waals surface area (Å²) in [6, 6.07) is 25.0. The molecule has 0 aromatic heterocycles. The van der Waals surface area contributed by atoms with Crippen LogP contribution >= 0.6 is 56.9 Å². The first-order valence-corrected chi connectivity index (χ1v) is 21.6. The van der Waals surface area contributed by atoms with Crippen LogP contribution in [-0.2, 0) is 10.8 Å². The standard InChI is InChI=1S/C45H53I2N2S/c1-7-9-14-28-48-39-24-22-34(46)30-37(39)44(3,4)41(48)26-20-32-18-19-33(43(32)50-36-16-12-11-13-17-36)21-27-42-45(5,6)38-31-35(47)23-25-40(38)49(42)29-15-10-8-2/h11-13,16-17,20-27,30-31H,7-10,14-15,18-19,28-29H2,1-6H3/q+1. The highest BCUT2D eigenvalue weighted by atomic mass is 127. The Morgan fingerprint density at radius 2 is 1.46 bits per heavy atom. The van der Waals surface area contributed by atoms with Crippen molar-refractivity contribution in [3.63, 3.8) is 0 Å². The Hall–Kier alpha value is -2.10. The highest BCUT2D eigenvalue weighted by molar-refractivity contribution is 14.1. The Kier molecular flexibility index (Phi) is 12.3. The van der Waals surface area contributed by atoms with E-state index in [0.29, 0.717) is 0 Å². The quantitative estimate of drug-likeness (QED) is 0.0958. The van der Waals surface area contributed by atoms with Gasteiger partial charge >= 0.3 is 0 Å². The number of allylic oxidation sites excluding steroid dienone is 7. The molecule has 3 aromatic rings. The minimum atomic E-state index is -0.0453. The van der Waals surface area contributed by atoms with Crippen LogP contribution in [0.2, 0.25) is 0 Å². The van der Waals surface area contributed by atoms with Gasteiger partial charge in [0.25, 0.3) is 0 Å². The minimum absolute atomic E-state index is 0.0453. The summed E-state index contributed by atoms with van der Waals surface area (Å²) in [6.07, 6.45) is 19.4. The average molecular weight is 908 g/mol. The van der Waals surface area contributed by atoms with Crippen LogP contribution in [0.5, 0.6) is 0 Å². The molecule has 3 aliphatic rings. The van der Waals surface area contributed by atoms with E-state index < -0.39 is 0 Å². The summed E-state index contributed by atoms with van der Waals surface area (Å²) in [7, 11) is 0. The number of nitrogens with zero attached hydrogens (tertiary/aromatic N) is 2. The molecule has 0 radical (unpaired) electrons. The first kappa shape index (κ1) is 37.7. The van der Waals surface area contributed by atoms with Gasteiger partial charge in [-0.3, -0.25) is 0 Å². The highest BCUT2D eigenvalue weighted by Gasteiger charge is 2.44. The molecule has 2 nitrogen and oxygen atoms in total. The van der Waals surface area contributed by atoms with Crippen LogP contribution in [0.1, 0.15) is 104 Å². The van der Waals surface area contributed by atoms with Crippen molar-refractivity contribution in [2.45, 2.75) is 109 Å². The number of hydrogen-bond donors (Lipinski definition) is 0. The molecule has 5 heteroatoms. The molecule has 1 aliphatic carbocycles. The third kappa shape index (κ3) is 7.80. The van der Waals surface area contributed by atoms with E-state index in [4.69, 9.17) is 0 Å². The van der Waals surface area contributed by atoms with Gasteiger partial charge in [-0.2, -0.15) is 4.58 Å². The zero-order valence-corrected chi connectivity index (χ0v) is 35.9. The van der Waals surface area contributed by atoms with E-state index >= 15 is 0 Å². The molecular formula is C45H53I2N2S+. The van der Waals surface area contributed by atoms with E-state index in [0.717, 1.165) is 25.9 Å². The van der Waals surface area contributed by atoms with Crippen molar-refractivity contribution in [3.05, 3.63) is 131 Å². The second kappa shape index (κ2) is 16.3. The largest absolute Gasteiger partial charge is 0.344 e. The van der Waals surface area contributed by atoms with Crippen LogP contribution < -0.4 is 4.90 Å². The molecule has 50 heavy (non-hydrogen) atoms. The lowest BCUT2D eigenvalue weighted by molar-refractivity contribution is -0.438. The molecule has 0 saturated heterocycles. The Balaban J connectivity index is 1.41. The highest BCUT2D eigenvalue weighted by Crippen LogP contribution is 2.49. The molecule has 0 amide bonds. The molecule has 2 heterocycles. The molecule has 6 rings (SSSR count). The number of halogens is 2. The van der Waals surface area contributed by atoms with Gasteiger partial charge in [-0.15, -0.1) is 0 Å². The van der Waals surface area contributed by atoms with Gasteiger partial charge in [0.2, 0.25) is 5.69 Å². The molecule has 0 spiro atoms. The predicted molar refractivity (Wildman–Crippen MR) is 234 cm³/mol. The van der Waals surface area contributed by atoms with Gasteiger partial charge in [0.1, 0.15) is 6.54 Å². The molecule has 0 atom stereocenters. The molecule has 0 unspecified atom stereocenters. The molecule has 0 N–H and O–H groups in total. The van der Waals surface area contributed by atoms with Crippen molar-refractivity contribution < 1.29 is 4.58 Å². The molecule has 2 aliphatic heterocycles. The van der Waals surface area contributed by atoms with E-state index in [-0.39, 0.29) is 10.8 Å². The summed E-state index contributed by atoms with van der Waals surface area (Å²) in [5.74, 6) is 0. The number of fused-ring (bicyclic) bond motifs is 2. The fourth-order valence-corrected chi connectivity index (χ4v) is 10.0. The van der Waals surface area contributed by atoms with Crippen molar-refractivity contribution in [1.29, 1.82) is 0 Å². The van der Waals surface area contributed by atoms with E-state index in [1.165, 1.54) is 101 Å². The normalized spacial score (nSPS) is 19.5. The summed E-state index contributed by atoms with van der Waals surface area (Å²) in [5.41, 5.74) is 11.3. The number of anilines is 1. The molecule has 0 fully saturated rings. The second-order valence-corrected chi connectivity index (χ2v) is 18.6. The summed E-state index contributed by atoms with van der Waals surface area (Å²) in [5, 5.41) is 0. The summed E-state index contributed by atoms with van der Waals surface area (Å²) < 4.78 is 5.24. The van der Waals surface area contributed by atoms with Crippen molar-refractivity contribution >= 4 is 74.0 Å². The van der Waals surface area contributed by atoms with E-state index in [1.54, 1.807) is 0 Å². The maximum atomic E-state index is 2.62. The fraction of sp³-hybridized carbons (Fsp3) is 0.400. The summed E-state index contributed by atoms with van der Waals surface area (Å²) >= 11 is 6.88. The topological polar surface area (TPSA) is 6.25 Å². The molecule has 3 aromatic carbocycles. The number of hydrogen-bond acceptors (Lipinski definition) is 2. The zero-order chi connectivity index (χ0) is 35.5. The van der Waals surface area contributed by atoms with E-state index in [9.17, 15) is 0 Å². The molecule has 0 bridgehead atoms. The Bertz CT molecular complexity index is 1880. The van der Waals surface area contributed by atoms with Crippen LogP contribution in [0.15, 0.2) is 118 Å². The molecular weight excluding hydrogens is 854 g/mol.